The molecule has 2 N–H and O–H groups in total. The summed E-state index contributed by atoms with van der Waals surface area (Å²) >= 11 is 0. The zero-order valence-electron chi connectivity index (χ0n) is 20.2. The van der Waals surface area contributed by atoms with Gasteiger partial charge in [0.2, 0.25) is 0 Å². The number of furan rings is 1. The van der Waals surface area contributed by atoms with Crippen molar-refractivity contribution in [2.24, 2.45) is 11.3 Å². The second kappa shape index (κ2) is 8.86. The van der Waals surface area contributed by atoms with Crippen LogP contribution in [0.3, 0.4) is 0 Å². The average molecular weight is 460 g/mol. The van der Waals surface area contributed by atoms with E-state index in [9.17, 15) is 4.79 Å². The van der Waals surface area contributed by atoms with Crippen LogP contribution in [0.4, 0.5) is 0 Å². The van der Waals surface area contributed by atoms with Crippen molar-refractivity contribution in [3.05, 3.63) is 65.0 Å². The first-order chi connectivity index (χ1) is 16.2. The summed E-state index contributed by atoms with van der Waals surface area (Å²) in [6.45, 7) is 7.33. The predicted octanol–water partition coefficient (Wildman–Crippen LogP) is 6.70. The molecule has 5 rings (SSSR count). The highest BCUT2D eigenvalue weighted by Crippen LogP contribution is 2.40. The van der Waals surface area contributed by atoms with E-state index < -0.39 is 5.97 Å². The van der Waals surface area contributed by atoms with Crippen LogP contribution < -0.4 is 4.74 Å². The van der Waals surface area contributed by atoms with E-state index in [4.69, 9.17) is 14.3 Å². The van der Waals surface area contributed by atoms with Gasteiger partial charge in [-0.25, -0.2) is 0 Å². The lowest BCUT2D eigenvalue weighted by atomic mass is 9.87. The number of hydrogen-bond donors (Lipinski definition) is 2. The molecule has 2 aromatic heterocycles. The van der Waals surface area contributed by atoms with Gasteiger partial charge in [0, 0.05) is 28.6 Å². The van der Waals surface area contributed by atoms with E-state index in [2.05, 4.69) is 44.0 Å². The molecule has 0 radical (unpaired) electrons. The van der Waals surface area contributed by atoms with Crippen molar-refractivity contribution < 1.29 is 19.1 Å². The molecule has 0 unspecified atom stereocenters. The summed E-state index contributed by atoms with van der Waals surface area (Å²) in [5.74, 6) is 0.846. The van der Waals surface area contributed by atoms with Gasteiger partial charge in [0.25, 0.3) is 0 Å². The van der Waals surface area contributed by atoms with E-state index in [0.29, 0.717) is 6.61 Å². The van der Waals surface area contributed by atoms with Gasteiger partial charge in [-0.1, -0.05) is 26.8 Å². The third-order valence-corrected chi connectivity index (χ3v) is 6.52. The summed E-state index contributed by atoms with van der Waals surface area (Å²) in [5, 5.41) is 11.3. The molecule has 1 saturated carbocycles. The summed E-state index contributed by atoms with van der Waals surface area (Å²) in [6, 6.07) is 12.1. The molecule has 2 aromatic carbocycles. The molecule has 0 bridgehead atoms. The highest BCUT2D eigenvalue weighted by molar-refractivity contribution is 5.86. The summed E-state index contributed by atoms with van der Waals surface area (Å²) in [6.07, 6.45) is 7.27. The van der Waals surface area contributed by atoms with Gasteiger partial charge in [-0.3, -0.25) is 4.79 Å². The van der Waals surface area contributed by atoms with E-state index in [1.807, 2.05) is 24.5 Å². The van der Waals surface area contributed by atoms with Crippen LogP contribution in [-0.2, 0) is 30.5 Å². The third kappa shape index (κ3) is 5.14. The molecule has 0 amide bonds. The maximum Gasteiger partial charge on any atom is 0.307 e. The molecular weight excluding hydrogens is 426 g/mol. The summed E-state index contributed by atoms with van der Waals surface area (Å²) < 4.78 is 12.4. The fourth-order valence-electron chi connectivity index (χ4n) is 4.77. The minimum atomic E-state index is -0.815. The van der Waals surface area contributed by atoms with Gasteiger partial charge in [-0.05, 0) is 83.9 Å². The van der Waals surface area contributed by atoms with Crippen molar-refractivity contribution in [2.45, 2.75) is 59.3 Å². The first-order valence-corrected chi connectivity index (χ1v) is 12.2. The fraction of sp³-hybridized carbons (Fsp3) is 0.414. The van der Waals surface area contributed by atoms with E-state index >= 15 is 0 Å². The highest BCUT2D eigenvalue weighted by atomic mass is 16.5. The number of aliphatic carboxylic acids is 1. The number of carboxylic acids is 1. The topological polar surface area (TPSA) is 75.5 Å². The minimum absolute atomic E-state index is 0.0378. The van der Waals surface area contributed by atoms with Crippen LogP contribution in [0, 0.1) is 11.3 Å². The molecule has 34 heavy (non-hydrogen) atoms. The molecule has 4 aromatic rings. The lowest BCUT2D eigenvalue weighted by molar-refractivity contribution is -0.136. The Morgan fingerprint density at radius 2 is 2.00 bits per heavy atom. The zero-order valence-corrected chi connectivity index (χ0v) is 20.2. The quantitative estimate of drug-likeness (QED) is 0.292. The number of H-pyrrole nitrogens is 1. The number of hydrogen-bond acceptors (Lipinski definition) is 3. The van der Waals surface area contributed by atoms with Gasteiger partial charge in [-0.2, -0.15) is 0 Å². The maximum atomic E-state index is 11.0. The van der Waals surface area contributed by atoms with Crippen molar-refractivity contribution in [3.63, 3.8) is 0 Å². The smallest absolute Gasteiger partial charge is 0.307 e. The number of aromatic amines is 1. The third-order valence-electron chi connectivity index (χ3n) is 6.52. The first kappa shape index (κ1) is 22.6. The van der Waals surface area contributed by atoms with E-state index in [-0.39, 0.29) is 11.8 Å². The molecule has 0 spiro atoms. The zero-order chi connectivity index (χ0) is 23.9. The van der Waals surface area contributed by atoms with Gasteiger partial charge < -0.3 is 19.2 Å². The molecule has 5 heteroatoms. The Morgan fingerprint density at radius 1 is 1.18 bits per heavy atom. The minimum Gasteiger partial charge on any atom is -0.493 e. The number of benzene rings is 2. The van der Waals surface area contributed by atoms with Gasteiger partial charge in [0.05, 0.1) is 19.3 Å². The Bertz CT molecular complexity index is 1330. The molecular formula is C29H33NO4. The Kier molecular flexibility index (Phi) is 5.88. The van der Waals surface area contributed by atoms with Gasteiger partial charge in [0.15, 0.2) is 0 Å². The molecule has 5 nitrogen and oxygen atoms in total. The van der Waals surface area contributed by atoms with Crippen molar-refractivity contribution >= 4 is 27.8 Å². The SMILES string of the molecule is CC(C)(C)Cc1coc2c(CC3CC3)c(OCCc3cc4cc(CC(=O)O)ccc4[nH]3)ccc12. The Labute approximate surface area is 200 Å². The van der Waals surface area contributed by atoms with Crippen LogP contribution in [-0.4, -0.2) is 22.7 Å². The van der Waals surface area contributed by atoms with E-state index in [0.717, 1.165) is 58.7 Å². The van der Waals surface area contributed by atoms with Gasteiger partial charge >= 0.3 is 5.97 Å². The highest BCUT2D eigenvalue weighted by Gasteiger charge is 2.26. The Morgan fingerprint density at radius 3 is 2.74 bits per heavy atom. The molecule has 1 fully saturated rings. The van der Waals surface area contributed by atoms with Crippen LogP contribution in [0.5, 0.6) is 5.75 Å². The number of ether oxygens (including phenoxy) is 1. The molecule has 2 heterocycles. The average Bonchev–Trinajstić information content (AvgIpc) is 3.35. The Hall–Kier alpha value is -3.21. The standard InChI is InChI=1S/C29H33NO4/c1-29(2,3)16-21-17-34-28-23(21)7-9-26(24(28)13-18-4-5-18)33-11-10-22-15-20-12-19(14-27(31)32)6-8-25(20)30-22/h6-9,12,15,17-18,30H,4-5,10-11,13-14,16H2,1-3H3,(H,31,32). The lowest BCUT2D eigenvalue weighted by Gasteiger charge is -2.17. The monoisotopic (exact) mass is 459 g/mol. The van der Waals surface area contributed by atoms with Crippen LogP contribution in [0.2, 0.25) is 0 Å². The summed E-state index contributed by atoms with van der Waals surface area (Å²) in [4.78, 5) is 14.4. The molecule has 0 saturated heterocycles. The number of aromatic nitrogens is 1. The largest absolute Gasteiger partial charge is 0.493 e. The molecule has 1 aliphatic carbocycles. The van der Waals surface area contributed by atoms with Crippen molar-refractivity contribution in [1.29, 1.82) is 0 Å². The van der Waals surface area contributed by atoms with Crippen molar-refractivity contribution in [2.75, 3.05) is 6.61 Å². The maximum absolute atomic E-state index is 11.0. The normalized spacial score (nSPS) is 14.2. The number of carbonyl (C=O) groups is 1. The van der Waals surface area contributed by atoms with Gasteiger partial charge in [0.1, 0.15) is 11.3 Å². The second-order valence-corrected chi connectivity index (χ2v) is 10.9. The number of rotatable bonds is 9. The van der Waals surface area contributed by atoms with Crippen molar-refractivity contribution in [1.82, 2.24) is 4.98 Å². The van der Waals surface area contributed by atoms with Crippen molar-refractivity contribution in [3.8, 4) is 5.75 Å². The van der Waals surface area contributed by atoms with Crippen LogP contribution in [0.15, 0.2) is 47.1 Å². The van der Waals surface area contributed by atoms with E-state index in [1.165, 1.54) is 29.4 Å². The molecule has 1 aliphatic rings. The van der Waals surface area contributed by atoms with Crippen LogP contribution in [0.1, 0.15) is 56.0 Å². The summed E-state index contributed by atoms with van der Waals surface area (Å²) in [5.41, 5.74) is 6.57. The van der Waals surface area contributed by atoms with Crippen LogP contribution in [0.25, 0.3) is 21.9 Å². The second-order valence-electron chi connectivity index (χ2n) is 10.9. The lowest BCUT2D eigenvalue weighted by Crippen LogP contribution is -2.08. The number of nitrogens with one attached hydrogen (secondary N) is 1. The number of carboxylic acid groups (broad SMARTS) is 1. The molecule has 178 valence electrons. The van der Waals surface area contributed by atoms with Gasteiger partial charge in [-0.15, -0.1) is 0 Å². The summed E-state index contributed by atoms with van der Waals surface area (Å²) in [7, 11) is 0. The molecule has 0 atom stereocenters. The number of fused-ring (bicyclic) bond motifs is 2. The van der Waals surface area contributed by atoms with E-state index in [1.54, 1.807) is 0 Å². The fourth-order valence-corrected chi connectivity index (χ4v) is 4.77. The first-order valence-electron chi connectivity index (χ1n) is 12.2. The van der Waals surface area contributed by atoms with Crippen LogP contribution >= 0.6 is 0 Å². The predicted molar refractivity (Wildman–Crippen MR) is 135 cm³/mol. The Balaban J connectivity index is 1.32. The molecule has 0 aliphatic heterocycles.